The summed E-state index contributed by atoms with van der Waals surface area (Å²) in [4.78, 5) is 29.2. The van der Waals surface area contributed by atoms with Gasteiger partial charge in [-0.05, 0) is 12.8 Å². The Hall–Kier alpha value is -2.44. The maximum atomic E-state index is 12.7. The molecule has 0 saturated carbocycles. The summed E-state index contributed by atoms with van der Waals surface area (Å²) < 4.78 is 2.23. The Morgan fingerprint density at radius 1 is 1.33 bits per heavy atom. The molecular formula is C17H24N6O. The SMILES string of the molecule is CCc1nccn1C1CCCN(C(=O)CN(C)c2cnccn2)C1. The van der Waals surface area contributed by atoms with E-state index in [2.05, 4.69) is 26.4 Å². The fourth-order valence-corrected chi connectivity index (χ4v) is 3.23. The van der Waals surface area contributed by atoms with E-state index in [0.717, 1.165) is 38.2 Å². The zero-order valence-corrected chi connectivity index (χ0v) is 14.3. The lowest BCUT2D eigenvalue weighted by atomic mass is 10.1. The molecule has 0 aliphatic carbocycles. The first-order valence-electron chi connectivity index (χ1n) is 8.45. The first kappa shape index (κ1) is 16.4. The van der Waals surface area contributed by atoms with Crippen molar-refractivity contribution in [1.29, 1.82) is 0 Å². The normalized spacial score (nSPS) is 17.8. The molecule has 3 rings (SSSR count). The summed E-state index contributed by atoms with van der Waals surface area (Å²) >= 11 is 0. The lowest BCUT2D eigenvalue weighted by Crippen LogP contribution is -2.45. The van der Waals surface area contributed by atoms with E-state index in [4.69, 9.17) is 0 Å². The highest BCUT2D eigenvalue weighted by Gasteiger charge is 2.26. The zero-order valence-electron chi connectivity index (χ0n) is 14.3. The van der Waals surface area contributed by atoms with Crippen LogP contribution in [0.1, 0.15) is 31.6 Å². The molecule has 0 aromatic carbocycles. The Kier molecular flexibility index (Phi) is 5.08. The number of likely N-dealkylation sites (N-methyl/N-ethyl adjacent to an activating group) is 1. The van der Waals surface area contributed by atoms with E-state index < -0.39 is 0 Å². The number of piperidine rings is 1. The van der Waals surface area contributed by atoms with E-state index in [9.17, 15) is 4.79 Å². The third-order valence-electron chi connectivity index (χ3n) is 4.52. The molecule has 1 saturated heterocycles. The molecule has 1 fully saturated rings. The number of imidazole rings is 1. The second kappa shape index (κ2) is 7.42. The predicted molar refractivity (Wildman–Crippen MR) is 91.8 cm³/mol. The van der Waals surface area contributed by atoms with Gasteiger partial charge >= 0.3 is 0 Å². The molecule has 0 N–H and O–H groups in total. The summed E-state index contributed by atoms with van der Waals surface area (Å²) in [6.45, 7) is 3.99. The molecular weight excluding hydrogens is 304 g/mol. The van der Waals surface area contributed by atoms with Crippen molar-refractivity contribution in [2.24, 2.45) is 0 Å². The van der Waals surface area contributed by atoms with Crippen LogP contribution in [0.5, 0.6) is 0 Å². The molecule has 0 bridgehead atoms. The van der Waals surface area contributed by atoms with Crippen molar-refractivity contribution in [3.63, 3.8) is 0 Å². The summed E-state index contributed by atoms with van der Waals surface area (Å²) in [5, 5.41) is 0. The van der Waals surface area contributed by atoms with E-state index in [1.807, 2.05) is 29.2 Å². The zero-order chi connectivity index (χ0) is 16.9. The van der Waals surface area contributed by atoms with Crippen LogP contribution in [-0.4, -0.2) is 57.0 Å². The van der Waals surface area contributed by atoms with Crippen molar-refractivity contribution >= 4 is 11.7 Å². The van der Waals surface area contributed by atoms with Crippen LogP contribution in [0, 0.1) is 0 Å². The van der Waals surface area contributed by atoms with Crippen molar-refractivity contribution in [3.05, 3.63) is 36.8 Å². The van der Waals surface area contributed by atoms with E-state index in [1.165, 1.54) is 0 Å². The molecule has 2 aromatic rings. The lowest BCUT2D eigenvalue weighted by Gasteiger charge is -2.35. The largest absolute Gasteiger partial charge is 0.349 e. The number of rotatable bonds is 5. The highest BCUT2D eigenvalue weighted by molar-refractivity contribution is 5.81. The fraction of sp³-hybridized carbons (Fsp3) is 0.529. The standard InChI is InChI=1S/C17H24N6O/c1-3-15-20-8-10-23(15)14-5-4-9-22(12-14)17(24)13-21(2)16-11-18-6-7-19-16/h6-8,10-11,14H,3-5,9,12-13H2,1-2H3. The van der Waals surface area contributed by atoms with Gasteiger partial charge in [0.05, 0.1) is 18.8 Å². The van der Waals surface area contributed by atoms with Gasteiger partial charge in [-0.15, -0.1) is 0 Å². The number of amides is 1. The van der Waals surface area contributed by atoms with Gasteiger partial charge in [0, 0.05) is 51.3 Å². The minimum atomic E-state index is 0.131. The second-order valence-electron chi connectivity index (χ2n) is 6.16. The van der Waals surface area contributed by atoms with E-state index in [0.29, 0.717) is 18.4 Å². The van der Waals surface area contributed by atoms with Gasteiger partial charge < -0.3 is 14.4 Å². The van der Waals surface area contributed by atoms with Gasteiger partial charge in [0.25, 0.3) is 0 Å². The molecule has 1 aliphatic heterocycles. The summed E-state index contributed by atoms with van der Waals surface area (Å²) in [5.74, 6) is 1.93. The molecule has 3 heterocycles. The number of hydrogen-bond donors (Lipinski definition) is 0. The first-order valence-corrected chi connectivity index (χ1v) is 8.45. The highest BCUT2D eigenvalue weighted by atomic mass is 16.2. The molecule has 7 nitrogen and oxygen atoms in total. The second-order valence-corrected chi connectivity index (χ2v) is 6.16. The maximum absolute atomic E-state index is 12.7. The molecule has 1 atom stereocenters. The maximum Gasteiger partial charge on any atom is 0.242 e. The number of aryl methyl sites for hydroxylation is 1. The Morgan fingerprint density at radius 2 is 2.21 bits per heavy atom. The fourth-order valence-electron chi connectivity index (χ4n) is 3.23. The van der Waals surface area contributed by atoms with Gasteiger partial charge in [0.1, 0.15) is 11.6 Å². The molecule has 7 heteroatoms. The van der Waals surface area contributed by atoms with Gasteiger partial charge in [-0.25, -0.2) is 9.97 Å². The summed E-state index contributed by atoms with van der Waals surface area (Å²) in [5.41, 5.74) is 0. The van der Waals surface area contributed by atoms with Crippen molar-refractivity contribution in [2.45, 2.75) is 32.2 Å². The van der Waals surface area contributed by atoms with Crippen LogP contribution in [0.25, 0.3) is 0 Å². The average Bonchev–Trinajstić information content (AvgIpc) is 3.11. The van der Waals surface area contributed by atoms with E-state index in [-0.39, 0.29) is 5.91 Å². The molecule has 128 valence electrons. The minimum absolute atomic E-state index is 0.131. The molecule has 2 aromatic heterocycles. The number of carbonyl (C=O) groups is 1. The molecule has 24 heavy (non-hydrogen) atoms. The number of hydrogen-bond acceptors (Lipinski definition) is 5. The van der Waals surface area contributed by atoms with E-state index in [1.54, 1.807) is 18.6 Å². The van der Waals surface area contributed by atoms with Gasteiger partial charge in [-0.1, -0.05) is 6.92 Å². The third kappa shape index (κ3) is 3.55. The van der Waals surface area contributed by atoms with E-state index >= 15 is 0 Å². The van der Waals surface area contributed by atoms with Crippen LogP contribution in [0.4, 0.5) is 5.82 Å². The quantitative estimate of drug-likeness (QED) is 0.833. The summed E-state index contributed by atoms with van der Waals surface area (Å²) in [7, 11) is 1.87. The van der Waals surface area contributed by atoms with Gasteiger partial charge in [0.2, 0.25) is 5.91 Å². The number of likely N-dealkylation sites (tertiary alicyclic amines) is 1. The molecule has 1 aliphatic rings. The monoisotopic (exact) mass is 328 g/mol. The molecule has 1 amide bonds. The highest BCUT2D eigenvalue weighted by Crippen LogP contribution is 2.23. The summed E-state index contributed by atoms with van der Waals surface area (Å²) in [6.07, 6.45) is 11.8. The van der Waals surface area contributed by atoms with Crippen LogP contribution >= 0.6 is 0 Å². The predicted octanol–water partition coefficient (Wildman–Crippen LogP) is 1.54. The van der Waals surface area contributed by atoms with Gasteiger partial charge in [-0.3, -0.25) is 9.78 Å². The van der Waals surface area contributed by atoms with Crippen LogP contribution in [-0.2, 0) is 11.2 Å². The van der Waals surface area contributed by atoms with Crippen molar-refractivity contribution in [1.82, 2.24) is 24.4 Å². The topological polar surface area (TPSA) is 67.2 Å². The van der Waals surface area contributed by atoms with Crippen molar-refractivity contribution in [3.8, 4) is 0 Å². The van der Waals surface area contributed by atoms with Gasteiger partial charge in [-0.2, -0.15) is 0 Å². The third-order valence-corrected chi connectivity index (χ3v) is 4.52. The Labute approximate surface area is 142 Å². The van der Waals surface area contributed by atoms with Crippen molar-refractivity contribution < 1.29 is 4.79 Å². The Bertz CT molecular complexity index is 671. The number of aromatic nitrogens is 4. The number of anilines is 1. The summed E-state index contributed by atoms with van der Waals surface area (Å²) in [6, 6.07) is 0.321. The molecule has 0 radical (unpaired) electrons. The molecule has 1 unspecified atom stereocenters. The molecule has 0 spiro atoms. The van der Waals surface area contributed by atoms with Crippen LogP contribution < -0.4 is 4.90 Å². The lowest BCUT2D eigenvalue weighted by molar-refractivity contribution is -0.131. The number of nitrogens with zero attached hydrogens (tertiary/aromatic N) is 6. The van der Waals surface area contributed by atoms with Crippen LogP contribution in [0.15, 0.2) is 31.0 Å². The smallest absolute Gasteiger partial charge is 0.242 e. The average molecular weight is 328 g/mol. The van der Waals surface area contributed by atoms with Crippen molar-refractivity contribution in [2.75, 3.05) is 31.6 Å². The number of carbonyl (C=O) groups excluding carboxylic acids is 1. The Balaban J connectivity index is 1.63. The Morgan fingerprint density at radius 3 is 2.96 bits per heavy atom. The van der Waals surface area contributed by atoms with Crippen LogP contribution in [0.3, 0.4) is 0 Å². The minimum Gasteiger partial charge on any atom is -0.349 e. The van der Waals surface area contributed by atoms with Gasteiger partial charge in [0.15, 0.2) is 0 Å². The van der Waals surface area contributed by atoms with Crippen LogP contribution in [0.2, 0.25) is 0 Å². The first-order chi connectivity index (χ1) is 11.7.